The minimum absolute atomic E-state index is 0.0491. The van der Waals surface area contributed by atoms with E-state index in [0.717, 1.165) is 50.4 Å². The maximum atomic E-state index is 12.7. The smallest absolute Gasteiger partial charge is 0.185 e. The Bertz CT molecular complexity index is 816. The molecule has 1 fully saturated rings. The van der Waals surface area contributed by atoms with Crippen LogP contribution in [0.2, 0.25) is 0 Å². The normalized spacial score (nSPS) is 15.1. The molecule has 0 aliphatic carbocycles. The quantitative estimate of drug-likeness (QED) is 0.230. The molecule has 3 nitrogen and oxygen atoms in total. The first-order chi connectivity index (χ1) is 14.3. The number of hydrogen-bond donors (Lipinski definition) is 0. The summed E-state index contributed by atoms with van der Waals surface area (Å²) in [6, 6.07) is 18.2. The van der Waals surface area contributed by atoms with Crippen LogP contribution in [-0.4, -0.2) is 32.1 Å². The van der Waals surface area contributed by atoms with Crippen molar-refractivity contribution in [1.82, 2.24) is 0 Å². The fraction of sp³-hybridized carbons (Fsp3) is 0.346. The lowest BCUT2D eigenvalue weighted by Gasteiger charge is -2.28. The number of anilines is 1. The zero-order valence-electron chi connectivity index (χ0n) is 17.3. The van der Waals surface area contributed by atoms with Crippen molar-refractivity contribution < 1.29 is 9.53 Å². The second kappa shape index (κ2) is 11.4. The molecule has 1 heterocycles. The third-order valence-electron chi connectivity index (χ3n) is 5.20. The molecule has 1 aliphatic rings. The Morgan fingerprint density at radius 2 is 1.69 bits per heavy atom. The predicted molar refractivity (Wildman–Crippen MR) is 122 cm³/mol. The molecule has 0 N–H and O–H groups in total. The van der Waals surface area contributed by atoms with E-state index < -0.39 is 0 Å². The molecular weight excluding hydrogens is 358 g/mol. The third kappa shape index (κ3) is 6.72. The Morgan fingerprint density at radius 3 is 2.38 bits per heavy atom. The number of carbonyl (C=O) groups excluding carboxylic acids is 1. The largest absolute Gasteiger partial charge is 0.378 e. The summed E-state index contributed by atoms with van der Waals surface area (Å²) in [5, 5.41) is 0. The van der Waals surface area contributed by atoms with E-state index in [1.807, 2.05) is 48.5 Å². The van der Waals surface area contributed by atoms with Gasteiger partial charge in [0.15, 0.2) is 5.78 Å². The average molecular weight is 390 g/mol. The van der Waals surface area contributed by atoms with Gasteiger partial charge in [-0.15, -0.1) is 0 Å². The summed E-state index contributed by atoms with van der Waals surface area (Å²) >= 11 is 0. The molecule has 152 valence electrons. The first-order valence-electron chi connectivity index (χ1n) is 10.7. The van der Waals surface area contributed by atoms with Gasteiger partial charge in [-0.3, -0.25) is 4.79 Å². The molecule has 3 heteroatoms. The fourth-order valence-corrected chi connectivity index (χ4v) is 3.48. The van der Waals surface area contributed by atoms with Crippen LogP contribution >= 0.6 is 0 Å². The number of nitrogens with zero attached hydrogens (tertiary/aromatic N) is 1. The Hall–Kier alpha value is -2.65. The van der Waals surface area contributed by atoms with Crippen LogP contribution in [0.4, 0.5) is 5.69 Å². The number of carbonyl (C=O) groups is 1. The molecule has 3 rings (SSSR count). The number of hydrogen-bond acceptors (Lipinski definition) is 3. The zero-order valence-corrected chi connectivity index (χ0v) is 17.3. The Morgan fingerprint density at radius 1 is 0.966 bits per heavy atom. The Kier molecular flexibility index (Phi) is 8.26. The molecule has 0 aromatic heterocycles. The van der Waals surface area contributed by atoms with E-state index in [2.05, 4.69) is 30.0 Å². The highest BCUT2D eigenvalue weighted by Gasteiger charge is 2.11. The van der Waals surface area contributed by atoms with Crippen molar-refractivity contribution in [1.29, 1.82) is 0 Å². The molecule has 29 heavy (non-hydrogen) atoms. The van der Waals surface area contributed by atoms with Gasteiger partial charge in [0.05, 0.1) is 13.2 Å². The molecule has 0 radical (unpaired) electrons. The van der Waals surface area contributed by atoms with Crippen LogP contribution in [0.3, 0.4) is 0 Å². The molecule has 0 spiro atoms. The number of unbranched alkanes of at least 4 members (excludes halogenated alkanes) is 2. The van der Waals surface area contributed by atoms with Gasteiger partial charge in [-0.25, -0.2) is 0 Å². The first-order valence-corrected chi connectivity index (χ1v) is 10.7. The van der Waals surface area contributed by atoms with Crippen LogP contribution in [0.25, 0.3) is 6.08 Å². The number of rotatable bonds is 9. The van der Waals surface area contributed by atoms with E-state index in [1.165, 1.54) is 24.0 Å². The van der Waals surface area contributed by atoms with Gasteiger partial charge in [0, 0.05) is 24.3 Å². The van der Waals surface area contributed by atoms with Crippen molar-refractivity contribution in [2.24, 2.45) is 0 Å². The van der Waals surface area contributed by atoms with Crippen molar-refractivity contribution in [3.05, 3.63) is 83.4 Å². The maximum absolute atomic E-state index is 12.7. The summed E-state index contributed by atoms with van der Waals surface area (Å²) < 4.78 is 5.40. The van der Waals surface area contributed by atoms with Crippen molar-refractivity contribution in [2.45, 2.75) is 32.6 Å². The van der Waals surface area contributed by atoms with E-state index in [-0.39, 0.29) is 5.78 Å². The summed E-state index contributed by atoms with van der Waals surface area (Å²) in [5.41, 5.74) is 4.25. The number of ether oxygens (including phenoxy) is 1. The number of morpholine rings is 1. The van der Waals surface area contributed by atoms with Gasteiger partial charge in [-0.1, -0.05) is 62.2 Å². The SMILES string of the molecule is CCCCCC(=C/c1ccccc1)/C=C/C(=O)c1ccc(N2CCOCC2)cc1. The van der Waals surface area contributed by atoms with Gasteiger partial charge in [0.25, 0.3) is 0 Å². The number of ketones is 1. The monoisotopic (exact) mass is 389 g/mol. The molecule has 0 bridgehead atoms. The van der Waals surface area contributed by atoms with Crippen LogP contribution in [0.1, 0.15) is 48.5 Å². The number of allylic oxidation sites excluding steroid dienone is 3. The summed E-state index contributed by atoms with van der Waals surface area (Å²) in [6.07, 6.45) is 10.4. The summed E-state index contributed by atoms with van der Waals surface area (Å²) in [4.78, 5) is 15.0. The minimum Gasteiger partial charge on any atom is -0.378 e. The van der Waals surface area contributed by atoms with E-state index in [1.54, 1.807) is 6.08 Å². The standard InChI is InChI=1S/C26H31NO2/c1-2-3-5-8-23(21-22-9-6-4-7-10-22)11-16-26(28)24-12-14-25(15-13-24)27-17-19-29-20-18-27/h4,6-7,9-16,21H,2-3,5,8,17-20H2,1H3/b16-11+,23-21-. The molecule has 2 aromatic carbocycles. The van der Waals surface area contributed by atoms with Gasteiger partial charge >= 0.3 is 0 Å². The second-order valence-electron chi connectivity index (χ2n) is 7.43. The molecule has 0 amide bonds. The summed E-state index contributed by atoms with van der Waals surface area (Å²) in [7, 11) is 0. The minimum atomic E-state index is 0.0491. The van der Waals surface area contributed by atoms with Gasteiger partial charge < -0.3 is 9.64 Å². The summed E-state index contributed by atoms with van der Waals surface area (Å²) in [6.45, 7) is 5.54. The Balaban J connectivity index is 1.67. The number of benzene rings is 2. The van der Waals surface area contributed by atoms with Crippen LogP contribution < -0.4 is 4.90 Å². The van der Waals surface area contributed by atoms with E-state index in [4.69, 9.17) is 4.74 Å². The van der Waals surface area contributed by atoms with E-state index in [0.29, 0.717) is 0 Å². The predicted octanol–water partition coefficient (Wildman–Crippen LogP) is 5.93. The average Bonchev–Trinajstić information content (AvgIpc) is 2.78. The van der Waals surface area contributed by atoms with Crippen LogP contribution in [0, 0.1) is 0 Å². The van der Waals surface area contributed by atoms with Gasteiger partial charge in [0.1, 0.15) is 0 Å². The van der Waals surface area contributed by atoms with Crippen LogP contribution in [0.5, 0.6) is 0 Å². The maximum Gasteiger partial charge on any atom is 0.185 e. The van der Waals surface area contributed by atoms with Gasteiger partial charge in [-0.05, 0) is 54.3 Å². The zero-order chi connectivity index (χ0) is 20.3. The van der Waals surface area contributed by atoms with E-state index in [9.17, 15) is 4.79 Å². The van der Waals surface area contributed by atoms with Crippen molar-refractivity contribution >= 4 is 17.5 Å². The highest BCUT2D eigenvalue weighted by Crippen LogP contribution is 2.19. The van der Waals surface area contributed by atoms with Gasteiger partial charge in [0.2, 0.25) is 0 Å². The first kappa shape index (κ1) is 21.1. The third-order valence-corrected chi connectivity index (χ3v) is 5.20. The lowest BCUT2D eigenvalue weighted by atomic mass is 10.0. The summed E-state index contributed by atoms with van der Waals surface area (Å²) in [5.74, 6) is 0.0491. The fourth-order valence-electron chi connectivity index (χ4n) is 3.48. The molecule has 0 saturated carbocycles. The van der Waals surface area contributed by atoms with Crippen LogP contribution in [0.15, 0.2) is 72.3 Å². The lowest BCUT2D eigenvalue weighted by molar-refractivity contribution is 0.104. The van der Waals surface area contributed by atoms with Crippen molar-refractivity contribution in [3.8, 4) is 0 Å². The molecule has 1 saturated heterocycles. The van der Waals surface area contributed by atoms with E-state index >= 15 is 0 Å². The molecule has 2 aromatic rings. The molecule has 0 unspecified atom stereocenters. The lowest BCUT2D eigenvalue weighted by Crippen LogP contribution is -2.36. The van der Waals surface area contributed by atoms with Gasteiger partial charge in [-0.2, -0.15) is 0 Å². The topological polar surface area (TPSA) is 29.5 Å². The van der Waals surface area contributed by atoms with Crippen molar-refractivity contribution in [2.75, 3.05) is 31.2 Å². The molecule has 0 atom stereocenters. The highest BCUT2D eigenvalue weighted by molar-refractivity contribution is 6.05. The van der Waals surface area contributed by atoms with Crippen LogP contribution in [-0.2, 0) is 4.74 Å². The van der Waals surface area contributed by atoms with Crippen molar-refractivity contribution in [3.63, 3.8) is 0 Å². The molecular formula is C26H31NO2. The highest BCUT2D eigenvalue weighted by atomic mass is 16.5. The Labute approximate surface area is 174 Å². The molecule has 1 aliphatic heterocycles. The second-order valence-corrected chi connectivity index (χ2v) is 7.43.